The second-order valence-corrected chi connectivity index (χ2v) is 9.86. The Bertz CT molecular complexity index is 405. The first kappa shape index (κ1) is 23.5. The normalized spacial score (nSPS) is 36.2. The summed E-state index contributed by atoms with van der Waals surface area (Å²) in [4.78, 5) is 0. The van der Waals surface area contributed by atoms with Gasteiger partial charge in [-0.3, -0.25) is 0 Å². The molecule has 0 atom stereocenters. The number of ether oxygens (including phenoxy) is 4. The van der Waals surface area contributed by atoms with Gasteiger partial charge in [0.05, 0.1) is 26.4 Å². The summed E-state index contributed by atoms with van der Waals surface area (Å²) in [7, 11) is 0. The van der Waals surface area contributed by atoms with Crippen molar-refractivity contribution in [3.05, 3.63) is 0 Å². The average Bonchev–Trinajstić information content (AvgIpc) is 2.78. The fraction of sp³-hybridized carbons (Fsp3) is 1.00. The van der Waals surface area contributed by atoms with Crippen molar-refractivity contribution in [1.29, 1.82) is 0 Å². The zero-order valence-electron chi connectivity index (χ0n) is 19.1. The molecule has 3 aliphatic rings. The van der Waals surface area contributed by atoms with Crippen LogP contribution in [-0.2, 0) is 18.9 Å². The molecular formula is C25H46O4. The molecule has 0 aromatic carbocycles. The van der Waals surface area contributed by atoms with E-state index in [0.29, 0.717) is 17.8 Å². The van der Waals surface area contributed by atoms with Crippen LogP contribution in [0.15, 0.2) is 0 Å². The summed E-state index contributed by atoms with van der Waals surface area (Å²) in [5.41, 5.74) is 0. The second kappa shape index (κ2) is 13.3. The van der Waals surface area contributed by atoms with Crippen molar-refractivity contribution >= 4 is 0 Å². The molecule has 170 valence electrons. The van der Waals surface area contributed by atoms with Gasteiger partial charge in [-0.2, -0.15) is 0 Å². The minimum atomic E-state index is -0.0199. The minimum Gasteiger partial charge on any atom is -0.352 e. The molecule has 29 heavy (non-hydrogen) atoms. The smallest absolute Gasteiger partial charge is 0.160 e. The third-order valence-electron chi connectivity index (χ3n) is 7.30. The van der Waals surface area contributed by atoms with Crippen LogP contribution >= 0.6 is 0 Å². The Balaban J connectivity index is 1.24. The molecular weight excluding hydrogens is 364 g/mol. The highest BCUT2D eigenvalue weighted by Crippen LogP contribution is 2.36. The Morgan fingerprint density at radius 3 is 1.79 bits per heavy atom. The lowest BCUT2D eigenvalue weighted by Crippen LogP contribution is -2.39. The maximum Gasteiger partial charge on any atom is 0.160 e. The van der Waals surface area contributed by atoms with Crippen LogP contribution in [0.25, 0.3) is 0 Å². The molecule has 3 fully saturated rings. The van der Waals surface area contributed by atoms with Gasteiger partial charge in [0, 0.05) is 17.8 Å². The first-order chi connectivity index (χ1) is 14.3. The Morgan fingerprint density at radius 2 is 1.14 bits per heavy atom. The highest BCUT2D eigenvalue weighted by Gasteiger charge is 2.33. The highest BCUT2D eigenvalue weighted by molar-refractivity contribution is 4.77. The van der Waals surface area contributed by atoms with Crippen LogP contribution in [0.4, 0.5) is 0 Å². The van der Waals surface area contributed by atoms with Crippen LogP contribution in [0.1, 0.15) is 97.3 Å². The first-order valence-corrected chi connectivity index (χ1v) is 12.7. The molecule has 0 N–H and O–H groups in total. The van der Waals surface area contributed by atoms with Gasteiger partial charge in [-0.25, -0.2) is 0 Å². The molecule has 1 aliphatic carbocycles. The van der Waals surface area contributed by atoms with Gasteiger partial charge in [0.1, 0.15) is 0 Å². The van der Waals surface area contributed by atoms with Crippen molar-refractivity contribution in [3.8, 4) is 0 Å². The van der Waals surface area contributed by atoms with Gasteiger partial charge in [0.25, 0.3) is 0 Å². The zero-order valence-corrected chi connectivity index (χ0v) is 19.1. The molecule has 4 heteroatoms. The largest absolute Gasteiger partial charge is 0.352 e. The van der Waals surface area contributed by atoms with E-state index in [1.807, 2.05) is 0 Å². The summed E-state index contributed by atoms with van der Waals surface area (Å²) >= 11 is 0. The summed E-state index contributed by atoms with van der Waals surface area (Å²) < 4.78 is 24.2. The Morgan fingerprint density at radius 1 is 0.552 bits per heavy atom. The first-order valence-electron chi connectivity index (χ1n) is 12.7. The highest BCUT2D eigenvalue weighted by atomic mass is 16.7. The minimum absolute atomic E-state index is 0.0199. The molecule has 0 unspecified atom stereocenters. The maximum atomic E-state index is 6.15. The molecule has 0 amide bonds. The molecule has 2 saturated heterocycles. The van der Waals surface area contributed by atoms with E-state index < -0.39 is 0 Å². The molecule has 1 saturated carbocycles. The molecule has 0 aromatic rings. The maximum absolute atomic E-state index is 6.15. The van der Waals surface area contributed by atoms with Crippen molar-refractivity contribution in [1.82, 2.24) is 0 Å². The van der Waals surface area contributed by atoms with E-state index in [-0.39, 0.29) is 12.6 Å². The fourth-order valence-electron chi connectivity index (χ4n) is 5.21. The summed E-state index contributed by atoms with van der Waals surface area (Å²) in [5.74, 6) is 2.64. The number of rotatable bonds is 11. The van der Waals surface area contributed by atoms with Gasteiger partial charge < -0.3 is 18.9 Å². The molecule has 0 radical (unpaired) electrons. The van der Waals surface area contributed by atoms with Crippen LogP contribution < -0.4 is 0 Å². The van der Waals surface area contributed by atoms with E-state index in [4.69, 9.17) is 18.9 Å². The van der Waals surface area contributed by atoms with Gasteiger partial charge in [0.15, 0.2) is 12.6 Å². The number of hydrogen-bond donors (Lipinski definition) is 0. The van der Waals surface area contributed by atoms with Crippen molar-refractivity contribution in [3.63, 3.8) is 0 Å². The van der Waals surface area contributed by atoms with E-state index in [0.717, 1.165) is 45.2 Å². The predicted octanol–water partition coefficient (Wildman–Crippen LogP) is 6.32. The van der Waals surface area contributed by atoms with E-state index in [1.54, 1.807) is 0 Å². The van der Waals surface area contributed by atoms with Gasteiger partial charge in [-0.15, -0.1) is 0 Å². The van der Waals surface area contributed by atoms with Crippen LogP contribution in [0, 0.1) is 23.7 Å². The third-order valence-corrected chi connectivity index (χ3v) is 7.30. The van der Waals surface area contributed by atoms with E-state index in [1.165, 1.54) is 70.6 Å². The molecule has 2 aliphatic heterocycles. The second-order valence-electron chi connectivity index (χ2n) is 9.86. The fourth-order valence-corrected chi connectivity index (χ4v) is 5.21. The third kappa shape index (κ3) is 8.12. The molecule has 2 heterocycles. The van der Waals surface area contributed by atoms with E-state index >= 15 is 0 Å². The van der Waals surface area contributed by atoms with Gasteiger partial charge in [-0.1, -0.05) is 52.4 Å². The summed E-state index contributed by atoms with van der Waals surface area (Å²) in [6.45, 7) is 7.97. The van der Waals surface area contributed by atoms with E-state index in [2.05, 4.69) is 13.8 Å². The van der Waals surface area contributed by atoms with Gasteiger partial charge in [-0.05, 0) is 50.9 Å². The Hall–Kier alpha value is -0.160. The standard InChI is InChI=1S/C25H46O4/c1-3-5-7-9-21-16-26-24(27-17-21)15-12-22-18-28-25(29-19-22)23-13-10-20(11-14-23)8-6-4-2/h20-25H,3-19H2,1-2H3. The number of unbranched alkanes of at least 4 members (excludes halogenated alkanes) is 3. The van der Waals surface area contributed by atoms with Crippen LogP contribution in [-0.4, -0.2) is 39.0 Å². The van der Waals surface area contributed by atoms with Crippen molar-refractivity contribution in [2.75, 3.05) is 26.4 Å². The SMILES string of the molecule is CCCCCC1COC(CCC2COC(C3CCC(CCCC)CC3)OC2)OC1. The Kier molecular flexibility index (Phi) is 10.8. The molecule has 0 spiro atoms. The molecule has 0 bridgehead atoms. The summed E-state index contributed by atoms with van der Waals surface area (Å²) in [5, 5.41) is 0. The quantitative estimate of drug-likeness (QED) is 0.373. The molecule has 4 nitrogen and oxygen atoms in total. The average molecular weight is 411 g/mol. The zero-order chi connectivity index (χ0) is 20.3. The Labute approximate surface area is 179 Å². The molecule has 3 rings (SSSR count). The lowest BCUT2D eigenvalue weighted by Gasteiger charge is -2.38. The topological polar surface area (TPSA) is 36.9 Å². The van der Waals surface area contributed by atoms with Gasteiger partial charge in [0.2, 0.25) is 0 Å². The van der Waals surface area contributed by atoms with Crippen molar-refractivity contribution < 1.29 is 18.9 Å². The summed E-state index contributed by atoms with van der Waals surface area (Å²) in [6.07, 6.45) is 16.7. The van der Waals surface area contributed by atoms with E-state index in [9.17, 15) is 0 Å². The lowest BCUT2D eigenvalue weighted by molar-refractivity contribution is -0.236. The van der Waals surface area contributed by atoms with Gasteiger partial charge >= 0.3 is 0 Å². The monoisotopic (exact) mass is 410 g/mol. The van der Waals surface area contributed by atoms with Crippen LogP contribution in [0.3, 0.4) is 0 Å². The summed E-state index contributed by atoms with van der Waals surface area (Å²) in [6, 6.07) is 0. The predicted molar refractivity (Wildman–Crippen MR) is 117 cm³/mol. The van der Waals surface area contributed by atoms with Crippen molar-refractivity contribution in [2.45, 2.75) is 110 Å². The van der Waals surface area contributed by atoms with Crippen LogP contribution in [0.2, 0.25) is 0 Å². The lowest BCUT2D eigenvalue weighted by atomic mass is 9.79. The molecule has 0 aromatic heterocycles. The number of hydrogen-bond acceptors (Lipinski definition) is 4. The van der Waals surface area contributed by atoms with Crippen molar-refractivity contribution in [2.24, 2.45) is 23.7 Å². The van der Waals surface area contributed by atoms with Crippen LogP contribution in [0.5, 0.6) is 0 Å².